The van der Waals surface area contributed by atoms with Crippen LogP contribution >= 0.6 is 11.6 Å². The van der Waals surface area contributed by atoms with Gasteiger partial charge in [0, 0.05) is 22.2 Å². The lowest BCUT2D eigenvalue weighted by Crippen LogP contribution is -2.14. The average Bonchev–Trinajstić information content (AvgIpc) is 3.16. The molecule has 2 aliphatic rings. The maximum Gasteiger partial charge on any atom is 0.344 e. The van der Waals surface area contributed by atoms with E-state index in [4.69, 9.17) is 35.3 Å². The van der Waals surface area contributed by atoms with Crippen molar-refractivity contribution >= 4 is 29.4 Å². The molecule has 34 heavy (non-hydrogen) atoms. The first-order valence-electron chi connectivity index (χ1n) is 10.5. The summed E-state index contributed by atoms with van der Waals surface area (Å²) in [6.45, 7) is 0.391. The minimum absolute atomic E-state index is 0.119. The number of ether oxygens (including phenoxy) is 5. The Hall–Kier alpha value is -3.81. The molecule has 0 atom stereocenters. The maximum atomic E-state index is 12.8. The summed E-state index contributed by atoms with van der Waals surface area (Å²) in [6, 6.07) is 17.6. The van der Waals surface area contributed by atoms with Crippen LogP contribution in [0.5, 0.6) is 17.2 Å². The molecule has 0 aromatic heterocycles. The van der Waals surface area contributed by atoms with Crippen molar-refractivity contribution in [3.05, 3.63) is 93.7 Å². The summed E-state index contributed by atoms with van der Waals surface area (Å²) in [4.78, 5) is 24.8. The zero-order valence-electron chi connectivity index (χ0n) is 17.9. The molecule has 0 fully saturated rings. The molecule has 0 N–H and O–H groups in total. The Morgan fingerprint density at radius 1 is 1.09 bits per heavy atom. The standard InChI is InChI=1S/C26H19ClO7/c27-19-8-17(26-18(9-19)13-30-15-33-26)10-23-25(29)21-7-6-20(11-22(21)34-23)31-14-24(28)32-12-16-4-2-1-3-5-16/h1-11H,12-15H2/b23-10-. The Labute approximate surface area is 200 Å². The van der Waals surface area contributed by atoms with Gasteiger partial charge in [0.05, 0.1) is 12.2 Å². The highest BCUT2D eigenvalue weighted by molar-refractivity contribution is 6.31. The van der Waals surface area contributed by atoms with Crippen LogP contribution in [0.15, 0.2) is 66.4 Å². The SMILES string of the molecule is O=C(COc1ccc2c(c1)O/C(=C\c1cc(Cl)cc3c1OCOC3)C2=O)OCc1ccccc1. The Morgan fingerprint density at radius 3 is 2.79 bits per heavy atom. The number of benzene rings is 3. The lowest BCUT2D eigenvalue weighted by atomic mass is 10.1. The normalized spacial score (nSPS) is 15.2. The first kappa shape index (κ1) is 22.0. The van der Waals surface area contributed by atoms with Crippen molar-refractivity contribution in [2.75, 3.05) is 13.4 Å². The van der Waals surface area contributed by atoms with E-state index in [2.05, 4.69) is 0 Å². The summed E-state index contributed by atoms with van der Waals surface area (Å²) in [5.41, 5.74) is 2.70. The number of carbonyl (C=O) groups excluding carboxylic acids is 2. The Morgan fingerprint density at radius 2 is 1.94 bits per heavy atom. The lowest BCUT2D eigenvalue weighted by molar-refractivity contribution is -0.147. The van der Waals surface area contributed by atoms with Crippen LogP contribution in [-0.4, -0.2) is 25.2 Å². The van der Waals surface area contributed by atoms with E-state index in [1.165, 1.54) is 0 Å². The molecular weight excluding hydrogens is 460 g/mol. The first-order chi connectivity index (χ1) is 16.6. The third-order valence-electron chi connectivity index (χ3n) is 5.23. The van der Waals surface area contributed by atoms with Crippen LogP contribution in [0.2, 0.25) is 5.02 Å². The molecule has 0 radical (unpaired) electrons. The van der Waals surface area contributed by atoms with Gasteiger partial charge in [-0.2, -0.15) is 0 Å². The molecule has 8 heteroatoms. The number of ketones is 1. The number of allylic oxidation sites excluding steroid dienone is 1. The van der Waals surface area contributed by atoms with Gasteiger partial charge in [-0.1, -0.05) is 41.9 Å². The minimum Gasteiger partial charge on any atom is -0.482 e. The zero-order valence-corrected chi connectivity index (χ0v) is 18.7. The van der Waals surface area contributed by atoms with Crippen molar-refractivity contribution in [2.24, 2.45) is 0 Å². The monoisotopic (exact) mass is 478 g/mol. The van der Waals surface area contributed by atoms with Crippen LogP contribution in [0.1, 0.15) is 27.0 Å². The fourth-order valence-corrected chi connectivity index (χ4v) is 3.89. The molecule has 5 rings (SSSR count). The van der Waals surface area contributed by atoms with Crippen LogP contribution in [0.4, 0.5) is 0 Å². The predicted octanol–water partition coefficient (Wildman–Crippen LogP) is 4.94. The summed E-state index contributed by atoms with van der Waals surface area (Å²) in [7, 11) is 0. The second kappa shape index (κ2) is 9.59. The number of carbonyl (C=O) groups is 2. The molecule has 2 heterocycles. The molecular formula is C26H19ClO7. The predicted molar refractivity (Wildman–Crippen MR) is 123 cm³/mol. The maximum absolute atomic E-state index is 12.8. The zero-order chi connectivity index (χ0) is 23.5. The van der Waals surface area contributed by atoms with Gasteiger partial charge >= 0.3 is 5.97 Å². The summed E-state index contributed by atoms with van der Waals surface area (Å²) in [5, 5.41) is 0.498. The van der Waals surface area contributed by atoms with E-state index in [0.717, 1.165) is 11.1 Å². The molecule has 0 saturated carbocycles. The molecule has 7 nitrogen and oxygen atoms in total. The van der Waals surface area contributed by atoms with Crippen molar-refractivity contribution in [3.8, 4) is 17.2 Å². The molecule has 2 aliphatic heterocycles. The van der Waals surface area contributed by atoms with E-state index in [9.17, 15) is 9.59 Å². The molecule has 0 spiro atoms. The highest BCUT2D eigenvalue weighted by Crippen LogP contribution is 2.38. The highest BCUT2D eigenvalue weighted by Gasteiger charge is 2.29. The second-order valence-corrected chi connectivity index (χ2v) is 8.06. The van der Waals surface area contributed by atoms with Crippen LogP contribution < -0.4 is 14.2 Å². The van der Waals surface area contributed by atoms with Gasteiger partial charge in [0.2, 0.25) is 5.78 Å². The number of halogens is 1. The summed E-state index contributed by atoms with van der Waals surface area (Å²) in [6.07, 6.45) is 1.60. The van der Waals surface area contributed by atoms with Crippen molar-refractivity contribution in [1.82, 2.24) is 0 Å². The largest absolute Gasteiger partial charge is 0.482 e. The summed E-state index contributed by atoms with van der Waals surface area (Å²) < 4.78 is 27.4. The van der Waals surface area contributed by atoms with Gasteiger partial charge in [0.1, 0.15) is 23.9 Å². The molecule has 0 saturated heterocycles. The topological polar surface area (TPSA) is 80.3 Å². The number of esters is 1. The number of hydrogen-bond donors (Lipinski definition) is 0. The fourth-order valence-electron chi connectivity index (χ4n) is 3.64. The minimum atomic E-state index is -0.503. The van der Waals surface area contributed by atoms with Crippen molar-refractivity contribution in [2.45, 2.75) is 13.2 Å². The van der Waals surface area contributed by atoms with E-state index < -0.39 is 5.97 Å². The van der Waals surface area contributed by atoms with Crippen LogP contribution in [-0.2, 0) is 27.5 Å². The van der Waals surface area contributed by atoms with Gasteiger partial charge in [-0.05, 0) is 35.9 Å². The molecule has 172 valence electrons. The van der Waals surface area contributed by atoms with Gasteiger partial charge in [0.15, 0.2) is 19.2 Å². The number of hydrogen-bond acceptors (Lipinski definition) is 7. The van der Waals surface area contributed by atoms with E-state index in [1.807, 2.05) is 30.3 Å². The lowest BCUT2D eigenvalue weighted by Gasteiger charge is -2.20. The molecule has 0 unspecified atom stereocenters. The average molecular weight is 479 g/mol. The highest BCUT2D eigenvalue weighted by atomic mass is 35.5. The molecule has 0 bridgehead atoms. The number of rotatable bonds is 6. The first-order valence-corrected chi connectivity index (χ1v) is 10.9. The van der Waals surface area contributed by atoms with E-state index in [-0.39, 0.29) is 31.5 Å². The molecule has 3 aromatic rings. The van der Waals surface area contributed by atoms with Crippen LogP contribution in [0.25, 0.3) is 6.08 Å². The Balaban J connectivity index is 1.26. The van der Waals surface area contributed by atoms with E-state index in [1.54, 1.807) is 36.4 Å². The van der Waals surface area contributed by atoms with Gasteiger partial charge in [-0.3, -0.25) is 4.79 Å². The molecule has 3 aromatic carbocycles. The fraction of sp³-hybridized carbons (Fsp3) is 0.154. The number of fused-ring (bicyclic) bond motifs is 2. The Bertz CT molecular complexity index is 1280. The summed E-state index contributed by atoms with van der Waals surface area (Å²) >= 11 is 6.21. The third-order valence-corrected chi connectivity index (χ3v) is 5.45. The van der Waals surface area contributed by atoms with Gasteiger partial charge in [-0.15, -0.1) is 0 Å². The van der Waals surface area contributed by atoms with Crippen LogP contribution in [0, 0.1) is 0 Å². The Kier molecular flexibility index (Phi) is 6.20. The van der Waals surface area contributed by atoms with E-state index >= 15 is 0 Å². The van der Waals surface area contributed by atoms with Crippen molar-refractivity contribution in [3.63, 3.8) is 0 Å². The van der Waals surface area contributed by atoms with E-state index in [0.29, 0.717) is 40.0 Å². The molecule has 0 amide bonds. The summed E-state index contributed by atoms with van der Waals surface area (Å²) in [5.74, 6) is 0.681. The second-order valence-electron chi connectivity index (χ2n) is 7.63. The number of Topliss-reactive ketones (excluding diaryl/α,β-unsaturated/α-hetero) is 1. The molecule has 0 aliphatic carbocycles. The van der Waals surface area contributed by atoms with Crippen LogP contribution in [0.3, 0.4) is 0 Å². The van der Waals surface area contributed by atoms with Gasteiger partial charge in [-0.25, -0.2) is 4.79 Å². The van der Waals surface area contributed by atoms with Crippen molar-refractivity contribution in [1.29, 1.82) is 0 Å². The van der Waals surface area contributed by atoms with Crippen molar-refractivity contribution < 1.29 is 33.3 Å². The van der Waals surface area contributed by atoms with Gasteiger partial charge in [0.25, 0.3) is 0 Å². The smallest absolute Gasteiger partial charge is 0.344 e. The third kappa shape index (κ3) is 4.76. The quantitative estimate of drug-likeness (QED) is 0.366. The van der Waals surface area contributed by atoms with Gasteiger partial charge < -0.3 is 23.7 Å².